The third-order valence-electron chi connectivity index (χ3n) is 4.17. The predicted molar refractivity (Wildman–Crippen MR) is 75.9 cm³/mol. The molecule has 0 spiro atoms. The van der Waals surface area contributed by atoms with E-state index < -0.39 is 0 Å². The number of rotatable bonds is 5. The Bertz CT molecular complexity index is 379. The lowest BCUT2D eigenvalue weighted by Crippen LogP contribution is -2.49. The van der Waals surface area contributed by atoms with E-state index in [9.17, 15) is 0 Å². The second kappa shape index (κ2) is 5.41. The zero-order valence-electron chi connectivity index (χ0n) is 11.8. The van der Waals surface area contributed by atoms with Crippen molar-refractivity contribution in [3.8, 4) is 0 Å². The van der Waals surface area contributed by atoms with E-state index in [-0.39, 0.29) is 11.5 Å². The van der Waals surface area contributed by atoms with Gasteiger partial charge in [0.15, 0.2) is 0 Å². The molecule has 100 valence electrons. The van der Waals surface area contributed by atoms with Gasteiger partial charge in [-0.3, -0.25) is 0 Å². The second-order valence-electron chi connectivity index (χ2n) is 5.89. The van der Waals surface area contributed by atoms with Gasteiger partial charge in [0.2, 0.25) is 0 Å². The average molecular weight is 247 g/mol. The highest BCUT2D eigenvalue weighted by atomic mass is 16.5. The van der Waals surface area contributed by atoms with Crippen LogP contribution in [0.25, 0.3) is 0 Å². The number of ether oxygens (including phenoxy) is 1. The van der Waals surface area contributed by atoms with E-state index in [2.05, 4.69) is 45.0 Å². The summed E-state index contributed by atoms with van der Waals surface area (Å²) >= 11 is 0. The summed E-state index contributed by atoms with van der Waals surface area (Å²) in [6, 6.07) is 9.30. The average Bonchev–Trinajstić information content (AvgIpc) is 2.33. The maximum absolute atomic E-state index is 5.97. The maximum atomic E-state index is 5.97. The van der Waals surface area contributed by atoms with E-state index in [0.717, 1.165) is 19.6 Å². The molecular weight excluding hydrogens is 222 g/mol. The molecule has 0 bridgehead atoms. The van der Waals surface area contributed by atoms with Crippen LogP contribution in [0.5, 0.6) is 0 Å². The molecular formula is C16H25NO. The minimum absolute atomic E-state index is 0.169. The van der Waals surface area contributed by atoms with Gasteiger partial charge in [0.25, 0.3) is 0 Å². The van der Waals surface area contributed by atoms with Crippen LogP contribution >= 0.6 is 0 Å². The van der Waals surface area contributed by atoms with Crippen LogP contribution < -0.4 is 5.73 Å². The first-order valence-electron chi connectivity index (χ1n) is 7.01. The Morgan fingerprint density at radius 1 is 1.22 bits per heavy atom. The molecule has 18 heavy (non-hydrogen) atoms. The normalized spacial score (nSPS) is 21.1. The molecule has 1 heterocycles. The molecule has 0 saturated carbocycles. The molecule has 2 heteroatoms. The Kier molecular flexibility index (Phi) is 4.08. The Hall–Kier alpha value is -0.860. The van der Waals surface area contributed by atoms with Gasteiger partial charge in [0.1, 0.15) is 0 Å². The van der Waals surface area contributed by atoms with E-state index in [1.165, 1.54) is 17.5 Å². The van der Waals surface area contributed by atoms with Crippen LogP contribution in [-0.4, -0.2) is 19.3 Å². The summed E-state index contributed by atoms with van der Waals surface area (Å²) in [6.45, 7) is 8.22. The van der Waals surface area contributed by atoms with Crippen molar-refractivity contribution in [2.24, 2.45) is 5.73 Å². The van der Waals surface area contributed by atoms with Crippen LogP contribution in [0.4, 0.5) is 0 Å². The van der Waals surface area contributed by atoms with E-state index in [4.69, 9.17) is 10.5 Å². The van der Waals surface area contributed by atoms with Gasteiger partial charge in [-0.25, -0.2) is 0 Å². The first kappa shape index (κ1) is 13.6. The van der Waals surface area contributed by atoms with Gasteiger partial charge in [-0.15, -0.1) is 0 Å². The molecule has 2 rings (SSSR count). The molecule has 2 unspecified atom stereocenters. The largest absolute Gasteiger partial charge is 0.379 e. The molecule has 0 amide bonds. The molecule has 1 aliphatic rings. The fourth-order valence-electron chi connectivity index (χ4n) is 2.77. The molecule has 1 aromatic rings. The van der Waals surface area contributed by atoms with E-state index in [1.54, 1.807) is 0 Å². The number of hydrogen-bond acceptors (Lipinski definition) is 2. The summed E-state index contributed by atoms with van der Waals surface area (Å²) in [5, 5.41) is 0. The monoisotopic (exact) mass is 247 g/mol. The van der Waals surface area contributed by atoms with Crippen molar-refractivity contribution in [3.63, 3.8) is 0 Å². The fraction of sp³-hybridized carbons (Fsp3) is 0.625. The van der Waals surface area contributed by atoms with Crippen molar-refractivity contribution >= 4 is 0 Å². The van der Waals surface area contributed by atoms with Crippen molar-refractivity contribution in [2.75, 3.05) is 13.2 Å². The number of benzene rings is 1. The molecule has 1 saturated heterocycles. The van der Waals surface area contributed by atoms with E-state index in [1.807, 2.05) is 0 Å². The topological polar surface area (TPSA) is 35.2 Å². The minimum atomic E-state index is 0.169. The molecule has 1 fully saturated rings. The third kappa shape index (κ3) is 2.60. The first-order chi connectivity index (χ1) is 8.57. The zero-order valence-corrected chi connectivity index (χ0v) is 11.8. The molecule has 1 aliphatic heterocycles. The van der Waals surface area contributed by atoms with Crippen LogP contribution in [0.3, 0.4) is 0 Å². The van der Waals surface area contributed by atoms with Crippen LogP contribution in [0.1, 0.15) is 50.7 Å². The van der Waals surface area contributed by atoms with Gasteiger partial charge >= 0.3 is 0 Å². The Morgan fingerprint density at radius 2 is 1.83 bits per heavy atom. The van der Waals surface area contributed by atoms with Crippen molar-refractivity contribution in [1.29, 1.82) is 0 Å². The standard InChI is InChI=1S/C16H25NO/c1-4-12(2)14-5-7-15(8-6-14)16(9-13(3)17)10-18-11-16/h5-8,12-13H,4,9-11,17H2,1-3H3. The maximum Gasteiger partial charge on any atom is 0.0586 e. The summed E-state index contributed by atoms with van der Waals surface area (Å²) in [4.78, 5) is 0. The van der Waals surface area contributed by atoms with Crippen molar-refractivity contribution in [2.45, 2.75) is 51.0 Å². The Labute approximate surface area is 111 Å². The molecule has 2 N–H and O–H groups in total. The molecule has 0 radical (unpaired) electrons. The van der Waals surface area contributed by atoms with Gasteiger partial charge in [-0.05, 0) is 36.8 Å². The van der Waals surface area contributed by atoms with Gasteiger partial charge in [-0.1, -0.05) is 38.1 Å². The number of nitrogens with two attached hydrogens (primary N) is 1. The van der Waals surface area contributed by atoms with Crippen LogP contribution in [0.2, 0.25) is 0 Å². The third-order valence-corrected chi connectivity index (χ3v) is 4.17. The van der Waals surface area contributed by atoms with Crippen LogP contribution in [0.15, 0.2) is 24.3 Å². The lowest BCUT2D eigenvalue weighted by molar-refractivity contribution is -0.0665. The van der Waals surface area contributed by atoms with Crippen molar-refractivity contribution < 1.29 is 4.74 Å². The molecule has 2 atom stereocenters. The Morgan fingerprint density at radius 3 is 2.22 bits per heavy atom. The van der Waals surface area contributed by atoms with Crippen LogP contribution in [-0.2, 0) is 10.2 Å². The molecule has 2 nitrogen and oxygen atoms in total. The fourth-order valence-corrected chi connectivity index (χ4v) is 2.77. The molecule has 0 aromatic heterocycles. The zero-order chi connectivity index (χ0) is 13.2. The highest BCUT2D eigenvalue weighted by Gasteiger charge is 2.40. The summed E-state index contributed by atoms with van der Waals surface area (Å²) in [5.74, 6) is 0.640. The Balaban J connectivity index is 2.17. The quantitative estimate of drug-likeness (QED) is 0.867. The van der Waals surface area contributed by atoms with Crippen LogP contribution in [0, 0.1) is 0 Å². The molecule has 0 aliphatic carbocycles. The SMILES string of the molecule is CCC(C)c1ccc(C2(CC(C)N)COC2)cc1. The summed E-state index contributed by atoms with van der Waals surface area (Å²) in [5.41, 5.74) is 8.95. The number of hydrogen-bond donors (Lipinski definition) is 1. The highest BCUT2D eigenvalue weighted by molar-refractivity contribution is 5.32. The van der Waals surface area contributed by atoms with Crippen molar-refractivity contribution in [1.82, 2.24) is 0 Å². The molecule has 1 aromatic carbocycles. The summed E-state index contributed by atoms with van der Waals surface area (Å²) < 4.78 is 5.44. The van der Waals surface area contributed by atoms with Gasteiger partial charge in [0, 0.05) is 11.5 Å². The second-order valence-corrected chi connectivity index (χ2v) is 5.89. The summed E-state index contributed by atoms with van der Waals surface area (Å²) in [7, 11) is 0. The lowest BCUT2D eigenvalue weighted by Gasteiger charge is -2.43. The summed E-state index contributed by atoms with van der Waals surface area (Å²) in [6.07, 6.45) is 2.20. The smallest absolute Gasteiger partial charge is 0.0586 e. The lowest BCUT2D eigenvalue weighted by atomic mass is 9.74. The first-order valence-corrected chi connectivity index (χ1v) is 7.01. The predicted octanol–water partition coefficient (Wildman–Crippen LogP) is 3.21. The van der Waals surface area contributed by atoms with Gasteiger partial charge in [0.05, 0.1) is 13.2 Å². The highest BCUT2D eigenvalue weighted by Crippen LogP contribution is 2.37. The van der Waals surface area contributed by atoms with E-state index in [0.29, 0.717) is 5.92 Å². The van der Waals surface area contributed by atoms with Gasteiger partial charge < -0.3 is 10.5 Å². The minimum Gasteiger partial charge on any atom is -0.379 e. The van der Waals surface area contributed by atoms with E-state index >= 15 is 0 Å². The van der Waals surface area contributed by atoms with Gasteiger partial charge in [-0.2, -0.15) is 0 Å². The van der Waals surface area contributed by atoms with Crippen molar-refractivity contribution in [3.05, 3.63) is 35.4 Å².